The molecule has 0 aliphatic rings. The fraction of sp³-hybridized carbons (Fsp3) is 0.545. The summed E-state index contributed by atoms with van der Waals surface area (Å²) in [7, 11) is 0. The molecule has 1 aromatic rings. The van der Waals surface area contributed by atoms with Crippen LogP contribution in [0.15, 0.2) is 10.5 Å². The molecule has 0 radical (unpaired) electrons. The number of nitrogens with one attached hydrogen (secondary N) is 1. The normalized spacial score (nSPS) is 11.9. The van der Waals surface area contributed by atoms with Crippen molar-refractivity contribution in [3.05, 3.63) is 11.1 Å². The van der Waals surface area contributed by atoms with Crippen LogP contribution in [0.1, 0.15) is 39.3 Å². The van der Waals surface area contributed by atoms with Gasteiger partial charge in [0.2, 0.25) is 5.91 Å². The van der Waals surface area contributed by atoms with E-state index in [9.17, 15) is 4.79 Å². The number of hydrogen-bond acceptors (Lipinski definition) is 5. The molecule has 0 spiro atoms. The lowest BCUT2D eigenvalue weighted by molar-refractivity contribution is -0.120. The van der Waals surface area contributed by atoms with Crippen molar-refractivity contribution in [2.75, 3.05) is 5.32 Å². The highest BCUT2D eigenvalue weighted by Crippen LogP contribution is 2.18. The van der Waals surface area contributed by atoms with Gasteiger partial charge < -0.3 is 10.5 Å². The smallest absolute Gasteiger partial charge is 0.229 e. The van der Waals surface area contributed by atoms with Crippen molar-refractivity contribution >= 4 is 28.1 Å². The SMILES string of the molecule is CCC(CC)C(=O)Nc1nc(C(C)=NO)cs1. The predicted molar refractivity (Wildman–Crippen MR) is 68.8 cm³/mol. The molecule has 0 aliphatic heterocycles. The second-order valence-electron chi connectivity index (χ2n) is 3.73. The molecule has 0 aromatic carbocycles. The van der Waals surface area contributed by atoms with Crippen LogP contribution in [0.3, 0.4) is 0 Å². The molecule has 1 rings (SSSR count). The number of carbonyl (C=O) groups excluding carboxylic acids is 1. The van der Waals surface area contributed by atoms with E-state index in [1.54, 1.807) is 12.3 Å². The number of oxime groups is 1. The Morgan fingerprint density at radius 2 is 2.24 bits per heavy atom. The topological polar surface area (TPSA) is 74.6 Å². The third-order valence-electron chi connectivity index (χ3n) is 2.61. The Kier molecular flexibility index (Phi) is 5.09. The summed E-state index contributed by atoms with van der Waals surface area (Å²) in [5, 5.41) is 16.7. The third kappa shape index (κ3) is 3.52. The van der Waals surface area contributed by atoms with E-state index in [4.69, 9.17) is 5.21 Å². The van der Waals surface area contributed by atoms with E-state index in [1.165, 1.54) is 11.3 Å². The first-order chi connectivity index (χ1) is 8.12. The molecule has 2 N–H and O–H groups in total. The Morgan fingerprint density at radius 3 is 2.76 bits per heavy atom. The lowest BCUT2D eigenvalue weighted by atomic mass is 10.0. The molecule has 5 nitrogen and oxygen atoms in total. The van der Waals surface area contributed by atoms with Crippen LogP contribution in [0, 0.1) is 5.92 Å². The summed E-state index contributed by atoms with van der Waals surface area (Å²) in [6, 6.07) is 0. The van der Waals surface area contributed by atoms with Crippen molar-refractivity contribution in [2.24, 2.45) is 11.1 Å². The molecule has 0 atom stereocenters. The van der Waals surface area contributed by atoms with Gasteiger partial charge in [-0.15, -0.1) is 11.3 Å². The zero-order valence-electron chi connectivity index (χ0n) is 10.2. The molecule has 0 bridgehead atoms. The fourth-order valence-electron chi connectivity index (χ4n) is 1.42. The molecule has 17 heavy (non-hydrogen) atoms. The maximum absolute atomic E-state index is 11.8. The van der Waals surface area contributed by atoms with Gasteiger partial charge in [-0.25, -0.2) is 4.98 Å². The number of carbonyl (C=O) groups is 1. The number of thiazole rings is 1. The number of amides is 1. The molecule has 6 heteroatoms. The minimum Gasteiger partial charge on any atom is -0.411 e. The largest absolute Gasteiger partial charge is 0.411 e. The second-order valence-corrected chi connectivity index (χ2v) is 4.58. The minimum atomic E-state index is -0.00510. The highest BCUT2D eigenvalue weighted by Gasteiger charge is 2.15. The van der Waals surface area contributed by atoms with Crippen LogP contribution in [0.2, 0.25) is 0 Å². The van der Waals surface area contributed by atoms with E-state index >= 15 is 0 Å². The van der Waals surface area contributed by atoms with E-state index in [2.05, 4.69) is 15.5 Å². The number of aromatic nitrogens is 1. The molecule has 0 fully saturated rings. The van der Waals surface area contributed by atoms with Gasteiger partial charge in [-0.1, -0.05) is 19.0 Å². The minimum absolute atomic E-state index is 0.00510. The van der Waals surface area contributed by atoms with Gasteiger partial charge in [-0.3, -0.25) is 4.79 Å². The Bertz CT molecular complexity index is 411. The first-order valence-electron chi connectivity index (χ1n) is 5.57. The first kappa shape index (κ1) is 13.6. The number of hydrogen-bond donors (Lipinski definition) is 2. The lowest BCUT2D eigenvalue weighted by Crippen LogP contribution is -2.21. The van der Waals surface area contributed by atoms with Crippen molar-refractivity contribution in [3.8, 4) is 0 Å². The molecule has 0 aliphatic carbocycles. The Hall–Kier alpha value is -1.43. The predicted octanol–water partition coefficient (Wildman–Crippen LogP) is 2.72. The van der Waals surface area contributed by atoms with E-state index in [-0.39, 0.29) is 11.8 Å². The van der Waals surface area contributed by atoms with Crippen LogP contribution < -0.4 is 5.32 Å². The Balaban J connectivity index is 2.69. The zero-order valence-corrected chi connectivity index (χ0v) is 11.0. The Labute approximate surface area is 105 Å². The quantitative estimate of drug-likeness (QED) is 0.482. The van der Waals surface area contributed by atoms with Gasteiger partial charge in [-0.2, -0.15) is 0 Å². The van der Waals surface area contributed by atoms with Crippen molar-refractivity contribution in [2.45, 2.75) is 33.6 Å². The Morgan fingerprint density at radius 1 is 1.59 bits per heavy atom. The van der Waals surface area contributed by atoms with Crippen molar-refractivity contribution in [1.29, 1.82) is 0 Å². The number of nitrogens with zero attached hydrogens (tertiary/aromatic N) is 2. The monoisotopic (exact) mass is 255 g/mol. The van der Waals surface area contributed by atoms with Gasteiger partial charge in [0.1, 0.15) is 11.4 Å². The second kappa shape index (κ2) is 6.34. The van der Waals surface area contributed by atoms with Crippen molar-refractivity contribution in [3.63, 3.8) is 0 Å². The molecule has 0 saturated heterocycles. The molecule has 1 aromatic heterocycles. The maximum atomic E-state index is 11.8. The standard InChI is InChI=1S/C11H17N3O2S/c1-4-8(5-2)10(15)13-11-12-9(6-17-11)7(3)14-16/h6,8,16H,4-5H2,1-3H3,(H,12,13,15). The average Bonchev–Trinajstić information content (AvgIpc) is 2.78. The van der Waals surface area contributed by atoms with Gasteiger partial charge in [0.15, 0.2) is 5.13 Å². The maximum Gasteiger partial charge on any atom is 0.229 e. The van der Waals surface area contributed by atoms with Crippen LogP contribution in [0.5, 0.6) is 0 Å². The molecule has 1 heterocycles. The summed E-state index contributed by atoms with van der Waals surface area (Å²) in [6.45, 7) is 5.63. The summed E-state index contributed by atoms with van der Waals surface area (Å²) >= 11 is 1.32. The third-order valence-corrected chi connectivity index (χ3v) is 3.37. The van der Waals surface area contributed by atoms with Gasteiger partial charge in [0.25, 0.3) is 0 Å². The molecule has 0 unspecified atom stereocenters. The zero-order chi connectivity index (χ0) is 12.8. The first-order valence-corrected chi connectivity index (χ1v) is 6.45. The fourth-order valence-corrected chi connectivity index (χ4v) is 2.17. The van der Waals surface area contributed by atoms with Crippen LogP contribution in [0.4, 0.5) is 5.13 Å². The lowest BCUT2D eigenvalue weighted by Gasteiger charge is -2.10. The van der Waals surface area contributed by atoms with Crippen molar-refractivity contribution in [1.82, 2.24) is 4.98 Å². The molecular formula is C11H17N3O2S. The van der Waals surface area contributed by atoms with Gasteiger partial charge in [0, 0.05) is 11.3 Å². The number of rotatable bonds is 5. The molecular weight excluding hydrogens is 238 g/mol. The molecule has 94 valence electrons. The van der Waals surface area contributed by atoms with Crippen LogP contribution in [-0.2, 0) is 4.79 Å². The van der Waals surface area contributed by atoms with Gasteiger partial charge in [0.05, 0.1) is 0 Å². The van der Waals surface area contributed by atoms with E-state index in [1.807, 2.05) is 13.8 Å². The summed E-state index contributed by atoms with van der Waals surface area (Å²) in [4.78, 5) is 16.0. The van der Waals surface area contributed by atoms with E-state index in [0.29, 0.717) is 16.5 Å². The van der Waals surface area contributed by atoms with E-state index < -0.39 is 0 Å². The van der Waals surface area contributed by atoms with E-state index in [0.717, 1.165) is 12.8 Å². The highest BCUT2D eigenvalue weighted by atomic mass is 32.1. The summed E-state index contributed by atoms with van der Waals surface area (Å²) in [5.74, 6) is 0.0180. The van der Waals surface area contributed by atoms with Gasteiger partial charge in [-0.05, 0) is 19.8 Å². The van der Waals surface area contributed by atoms with Crippen molar-refractivity contribution < 1.29 is 10.0 Å². The van der Waals surface area contributed by atoms with Crippen LogP contribution in [0.25, 0.3) is 0 Å². The van der Waals surface area contributed by atoms with Gasteiger partial charge >= 0.3 is 0 Å². The van der Waals surface area contributed by atoms with Crippen LogP contribution >= 0.6 is 11.3 Å². The summed E-state index contributed by atoms with van der Waals surface area (Å²) in [5.41, 5.74) is 1.02. The van der Waals surface area contributed by atoms with Crippen LogP contribution in [-0.4, -0.2) is 21.8 Å². The highest BCUT2D eigenvalue weighted by molar-refractivity contribution is 7.14. The summed E-state index contributed by atoms with van der Waals surface area (Å²) in [6.07, 6.45) is 1.63. The molecule has 1 amide bonds. The molecule has 0 saturated carbocycles. The summed E-state index contributed by atoms with van der Waals surface area (Å²) < 4.78 is 0. The number of anilines is 1. The average molecular weight is 255 g/mol.